The van der Waals surface area contributed by atoms with Gasteiger partial charge in [-0.1, -0.05) is 38.2 Å². The van der Waals surface area contributed by atoms with Crippen LogP contribution < -0.4 is 5.32 Å². The van der Waals surface area contributed by atoms with Crippen molar-refractivity contribution in [2.24, 2.45) is 0 Å². The fraction of sp³-hybridized carbons (Fsp3) is 0.600. The molecule has 110 valence electrons. The molecule has 0 aliphatic carbocycles. The minimum atomic E-state index is 0.0456. The van der Waals surface area contributed by atoms with Crippen molar-refractivity contribution in [3.63, 3.8) is 0 Å². The Labute approximate surface area is 129 Å². The summed E-state index contributed by atoms with van der Waals surface area (Å²) in [5.74, 6) is 0. The van der Waals surface area contributed by atoms with Crippen LogP contribution >= 0.6 is 22.9 Å². The first-order valence-corrected chi connectivity index (χ1v) is 8.76. The minimum Gasteiger partial charge on any atom is -0.309 e. The molecule has 2 aromatic rings. The second-order valence-electron chi connectivity index (χ2n) is 6.03. The van der Waals surface area contributed by atoms with Gasteiger partial charge in [-0.2, -0.15) is 0 Å². The Morgan fingerprint density at radius 1 is 1.35 bits per heavy atom. The molecular formula is C15H23N3S2. The Balaban J connectivity index is 2.24. The highest BCUT2D eigenvalue weighted by atomic mass is 32.1. The number of hydrogen-bond donors (Lipinski definition) is 1. The molecule has 3 nitrogen and oxygen atoms in total. The van der Waals surface area contributed by atoms with Crippen LogP contribution in [0.2, 0.25) is 0 Å². The van der Waals surface area contributed by atoms with Crippen molar-refractivity contribution in [1.82, 2.24) is 14.9 Å². The Hall–Kier alpha value is -0.780. The van der Waals surface area contributed by atoms with E-state index in [0.29, 0.717) is 6.04 Å². The lowest BCUT2D eigenvalue weighted by molar-refractivity contribution is 0.506. The smallest absolute Gasteiger partial charge is 0.0857 e. The van der Waals surface area contributed by atoms with Gasteiger partial charge in [0, 0.05) is 22.8 Å². The zero-order valence-electron chi connectivity index (χ0n) is 12.6. The number of aromatic nitrogens is 2. The summed E-state index contributed by atoms with van der Waals surface area (Å²) in [4.78, 5) is 2.70. The molecule has 1 unspecified atom stereocenters. The molecule has 2 rings (SSSR count). The molecule has 2 heterocycles. The van der Waals surface area contributed by atoms with E-state index in [1.165, 1.54) is 21.3 Å². The van der Waals surface area contributed by atoms with Crippen LogP contribution in [0.3, 0.4) is 0 Å². The van der Waals surface area contributed by atoms with Gasteiger partial charge in [-0.05, 0) is 35.9 Å². The Kier molecular flexibility index (Phi) is 5.29. The van der Waals surface area contributed by atoms with Crippen LogP contribution in [0.1, 0.15) is 55.6 Å². The van der Waals surface area contributed by atoms with Crippen molar-refractivity contribution in [1.29, 1.82) is 0 Å². The van der Waals surface area contributed by atoms with Gasteiger partial charge in [-0.25, -0.2) is 0 Å². The Morgan fingerprint density at radius 3 is 2.75 bits per heavy atom. The number of thiophene rings is 1. The molecule has 5 heteroatoms. The number of hydrogen-bond acceptors (Lipinski definition) is 5. The lowest BCUT2D eigenvalue weighted by Gasteiger charge is -2.22. The van der Waals surface area contributed by atoms with E-state index in [0.717, 1.165) is 25.1 Å². The maximum absolute atomic E-state index is 4.38. The molecule has 0 aromatic carbocycles. The fourth-order valence-electron chi connectivity index (χ4n) is 2.15. The van der Waals surface area contributed by atoms with Crippen LogP contribution in [0.15, 0.2) is 17.5 Å². The van der Waals surface area contributed by atoms with E-state index in [4.69, 9.17) is 0 Å². The maximum atomic E-state index is 4.38. The van der Waals surface area contributed by atoms with Crippen LogP contribution in [-0.4, -0.2) is 16.1 Å². The SMILES string of the molecule is CCCNC(Cc1cccs1)c1snnc1C(C)(C)C. The normalized spacial score (nSPS) is 13.6. The molecule has 0 radical (unpaired) electrons. The molecule has 0 aliphatic heterocycles. The van der Waals surface area contributed by atoms with E-state index in [2.05, 4.69) is 60.1 Å². The predicted octanol–water partition coefficient (Wildman–Crippen LogP) is 4.18. The number of nitrogens with zero attached hydrogens (tertiary/aromatic N) is 2. The lowest BCUT2D eigenvalue weighted by atomic mass is 9.89. The Morgan fingerprint density at radius 2 is 2.15 bits per heavy atom. The molecule has 0 bridgehead atoms. The van der Waals surface area contributed by atoms with Gasteiger partial charge >= 0.3 is 0 Å². The number of nitrogens with one attached hydrogen (secondary N) is 1. The molecule has 1 N–H and O–H groups in total. The van der Waals surface area contributed by atoms with Crippen molar-refractivity contribution in [3.05, 3.63) is 33.0 Å². The van der Waals surface area contributed by atoms with Crippen molar-refractivity contribution >= 4 is 22.9 Å². The van der Waals surface area contributed by atoms with Crippen molar-refractivity contribution in [2.45, 2.75) is 52.0 Å². The van der Waals surface area contributed by atoms with E-state index in [-0.39, 0.29) is 5.41 Å². The highest BCUT2D eigenvalue weighted by molar-refractivity contribution is 7.10. The predicted molar refractivity (Wildman–Crippen MR) is 87.7 cm³/mol. The van der Waals surface area contributed by atoms with Gasteiger partial charge in [-0.15, -0.1) is 16.4 Å². The van der Waals surface area contributed by atoms with Crippen LogP contribution in [-0.2, 0) is 11.8 Å². The van der Waals surface area contributed by atoms with Crippen LogP contribution in [0, 0.1) is 0 Å². The maximum Gasteiger partial charge on any atom is 0.0857 e. The lowest BCUT2D eigenvalue weighted by Crippen LogP contribution is -2.26. The van der Waals surface area contributed by atoms with E-state index >= 15 is 0 Å². The molecule has 0 spiro atoms. The summed E-state index contributed by atoms with van der Waals surface area (Å²) < 4.78 is 4.20. The van der Waals surface area contributed by atoms with Gasteiger partial charge in [0.1, 0.15) is 0 Å². The molecule has 0 fully saturated rings. The summed E-state index contributed by atoms with van der Waals surface area (Å²) in [6.45, 7) is 9.84. The highest BCUT2D eigenvalue weighted by Gasteiger charge is 2.27. The second kappa shape index (κ2) is 6.78. The molecule has 0 saturated carbocycles. The standard InChI is InChI=1S/C15H23N3S2/c1-5-8-16-12(10-11-7-6-9-19-11)13-14(15(2,3)4)17-18-20-13/h6-7,9,12,16H,5,8,10H2,1-4H3. The van der Waals surface area contributed by atoms with Crippen molar-refractivity contribution in [3.8, 4) is 0 Å². The highest BCUT2D eigenvalue weighted by Crippen LogP contribution is 2.32. The molecule has 0 saturated heterocycles. The average molecular weight is 310 g/mol. The summed E-state index contributed by atoms with van der Waals surface area (Å²) >= 11 is 3.36. The summed E-state index contributed by atoms with van der Waals surface area (Å²) in [6, 6.07) is 4.64. The minimum absolute atomic E-state index is 0.0456. The molecule has 2 aromatic heterocycles. The largest absolute Gasteiger partial charge is 0.309 e. The Bertz CT molecular complexity index is 511. The first-order valence-electron chi connectivity index (χ1n) is 7.11. The van der Waals surface area contributed by atoms with E-state index < -0.39 is 0 Å². The van der Waals surface area contributed by atoms with Gasteiger partial charge < -0.3 is 5.32 Å². The van der Waals surface area contributed by atoms with E-state index in [9.17, 15) is 0 Å². The monoisotopic (exact) mass is 309 g/mol. The van der Waals surface area contributed by atoms with Gasteiger partial charge in [-0.3, -0.25) is 0 Å². The summed E-state index contributed by atoms with van der Waals surface area (Å²) in [6.07, 6.45) is 2.16. The van der Waals surface area contributed by atoms with Crippen molar-refractivity contribution < 1.29 is 0 Å². The molecule has 20 heavy (non-hydrogen) atoms. The van der Waals surface area contributed by atoms with E-state index in [1.807, 2.05) is 11.3 Å². The zero-order valence-corrected chi connectivity index (χ0v) is 14.3. The van der Waals surface area contributed by atoms with Gasteiger partial charge in [0.15, 0.2) is 0 Å². The van der Waals surface area contributed by atoms with E-state index in [1.54, 1.807) is 0 Å². The molecule has 1 atom stereocenters. The van der Waals surface area contributed by atoms with Gasteiger partial charge in [0.25, 0.3) is 0 Å². The van der Waals surface area contributed by atoms with Crippen LogP contribution in [0.4, 0.5) is 0 Å². The second-order valence-corrected chi connectivity index (χ2v) is 7.84. The zero-order chi connectivity index (χ0) is 14.6. The first kappa shape index (κ1) is 15.6. The molecule has 0 aliphatic rings. The average Bonchev–Trinajstić information content (AvgIpc) is 3.03. The first-order chi connectivity index (χ1) is 9.52. The molecule has 0 amide bonds. The topological polar surface area (TPSA) is 37.8 Å². The molecular weight excluding hydrogens is 286 g/mol. The van der Waals surface area contributed by atoms with Gasteiger partial charge in [0.2, 0.25) is 0 Å². The van der Waals surface area contributed by atoms with Crippen molar-refractivity contribution in [2.75, 3.05) is 6.54 Å². The van der Waals surface area contributed by atoms with Crippen LogP contribution in [0.25, 0.3) is 0 Å². The third-order valence-electron chi connectivity index (χ3n) is 3.17. The quantitative estimate of drug-likeness (QED) is 0.870. The fourth-order valence-corrected chi connectivity index (χ4v) is 3.84. The third kappa shape index (κ3) is 3.87. The summed E-state index contributed by atoms with van der Waals surface area (Å²) in [5, 5.41) is 10.2. The summed E-state index contributed by atoms with van der Waals surface area (Å²) in [5.41, 5.74) is 1.18. The third-order valence-corrected chi connectivity index (χ3v) is 4.90. The summed E-state index contributed by atoms with van der Waals surface area (Å²) in [7, 11) is 0. The number of rotatable bonds is 6. The van der Waals surface area contributed by atoms with Crippen LogP contribution in [0.5, 0.6) is 0 Å². The van der Waals surface area contributed by atoms with Gasteiger partial charge in [0.05, 0.1) is 10.6 Å².